The molecule has 0 spiro atoms. The Morgan fingerprint density at radius 2 is 1.92 bits per heavy atom. The molecule has 0 amide bonds. The van der Waals surface area contributed by atoms with Gasteiger partial charge in [-0.2, -0.15) is 0 Å². The van der Waals surface area contributed by atoms with E-state index in [0.717, 1.165) is 6.42 Å². The van der Waals surface area contributed by atoms with Crippen LogP contribution in [0.2, 0.25) is 0 Å². The minimum Gasteiger partial charge on any atom is -0.307 e. The summed E-state index contributed by atoms with van der Waals surface area (Å²) >= 11 is 0. The number of hydrogen-bond acceptors (Lipinski definition) is 1. The first-order valence-corrected chi connectivity index (χ1v) is 4.99. The standard InChI is InChI=1S/C12H16N/c1-10-6-5-9-12(13-10)11-7-3-2-4-8-11/h2-5,7-8,10,12-13H,6,9H2,1H3. The molecule has 1 saturated heterocycles. The maximum Gasteiger partial charge on any atom is 0.0325 e. The predicted octanol–water partition coefficient (Wildman–Crippen LogP) is 2.70. The van der Waals surface area contributed by atoms with Crippen molar-refractivity contribution in [3.63, 3.8) is 0 Å². The van der Waals surface area contributed by atoms with E-state index in [4.69, 9.17) is 0 Å². The summed E-state index contributed by atoms with van der Waals surface area (Å²) in [6.07, 6.45) is 4.75. The molecule has 0 aliphatic carbocycles. The SMILES string of the molecule is CC1C[CH]CC(c2ccccc2)N1. The molecule has 69 valence electrons. The highest BCUT2D eigenvalue weighted by Gasteiger charge is 2.18. The van der Waals surface area contributed by atoms with Crippen molar-refractivity contribution in [2.24, 2.45) is 0 Å². The lowest BCUT2D eigenvalue weighted by Gasteiger charge is -2.28. The quantitative estimate of drug-likeness (QED) is 0.690. The second-order valence-electron chi connectivity index (χ2n) is 3.79. The summed E-state index contributed by atoms with van der Waals surface area (Å²) in [7, 11) is 0. The van der Waals surface area contributed by atoms with Crippen LogP contribution >= 0.6 is 0 Å². The first-order chi connectivity index (χ1) is 6.36. The van der Waals surface area contributed by atoms with E-state index in [9.17, 15) is 0 Å². The van der Waals surface area contributed by atoms with E-state index in [2.05, 4.69) is 49.0 Å². The van der Waals surface area contributed by atoms with Crippen molar-refractivity contribution in [1.82, 2.24) is 5.32 Å². The smallest absolute Gasteiger partial charge is 0.0325 e. The molecule has 0 saturated carbocycles. The van der Waals surface area contributed by atoms with E-state index >= 15 is 0 Å². The number of piperidine rings is 1. The third-order valence-corrected chi connectivity index (χ3v) is 2.61. The molecule has 1 nitrogen and oxygen atoms in total. The molecule has 1 fully saturated rings. The number of nitrogens with one attached hydrogen (secondary N) is 1. The van der Waals surface area contributed by atoms with Crippen LogP contribution in [0.15, 0.2) is 30.3 Å². The lowest BCUT2D eigenvalue weighted by atomic mass is 9.94. The molecule has 1 aliphatic heterocycles. The molecule has 1 heteroatoms. The Morgan fingerprint density at radius 1 is 1.15 bits per heavy atom. The van der Waals surface area contributed by atoms with Gasteiger partial charge in [0.15, 0.2) is 0 Å². The van der Waals surface area contributed by atoms with Crippen LogP contribution in [0, 0.1) is 6.42 Å². The zero-order valence-electron chi connectivity index (χ0n) is 8.03. The van der Waals surface area contributed by atoms with Crippen LogP contribution in [0.3, 0.4) is 0 Å². The van der Waals surface area contributed by atoms with Gasteiger partial charge in [-0.1, -0.05) is 30.3 Å². The summed E-state index contributed by atoms with van der Waals surface area (Å²) in [6.45, 7) is 2.24. The summed E-state index contributed by atoms with van der Waals surface area (Å²) in [5, 5.41) is 3.60. The van der Waals surface area contributed by atoms with Gasteiger partial charge in [-0.25, -0.2) is 0 Å². The third-order valence-electron chi connectivity index (χ3n) is 2.61. The Bertz CT molecular complexity index is 255. The van der Waals surface area contributed by atoms with E-state index in [1.165, 1.54) is 12.0 Å². The molecule has 0 aromatic heterocycles. The molecule has 2 unspecified atom stereocenters. The summed E-state index contributed by atoms with van der Waals surface area (Å²) in [4.78, 5) is 0. The van der Waals surface area contributed by atoms with Crippen LogP contribution < -0.4 is 5.32 Å². The highest BCUT2D eigenvalue weighted by atomic mass is 15.0. The highest BCUT2D eigenvalue weighted by molar-refractivity contribution is 5.20. The number of rotatable bonds is 1. The van der Waals surface area contributed by atoms with Crippen molar-refractivity contribution in [3.8, 4) is 0 Å². The van der Waals surface area contributed by atoms with E-state index < -0.39 is 0 Å². The summed E-state index contributed by atoms with van der Waals surface area (Å²) in [5.74, 6) is 0. The predicted molar refractivity (Wildman–Crippen MR) is 55.3 cm³/mol. The van der Waals surface area contributed by atoms with Gasteiger partial charge in [-0.05, 0) is 31.7 Å². The number of hydrogen-bond donors (Lipinski definition) is 1. The topological polar surface area (TPSA) is 12.0 Å². The van der Waals surface area contributed by atoms with Crippen molar-refractivity contribution in [3.05, 3.63) is 42.3 Å². The number of benzene rings is 1. The molecular weight excluding hydrogens is 158 g/mol. The minimum absolute atomic E-state index is 0.532. The van der Waals surface area contributed by atoms with Gasteiger partial charge in [-0.15, -0.1) is 0 Å². The molecule has 2 rings (SSSR count). The zero-order chi connectivity index (χ0) is 9.10. The van der Waals surface area contributed by atoms with Crippen LogP contribution in [0.4, 0.5) is 0 Å². The summed E-state index contributed by atoms with van der Waals surface area (Å²) < 4.78 is 0. The van der Waals surface area contributed by atoms with Gasteiger partial charge in [0.1, 0.15) is 0 Å². The molecule has 1 aromatic rings. The Hall–Kier alpha value is -0.820. The molecule has 1 N–H and O–H groups in total. The molecule has 13 heavy (non-hydrogen) atoms. The van der Waals surface area contributed by atoms with Crippen molar-refractivity contribution in [1.29, 1.82) is 0 Å². The first-order valence-electron chi connectivity index (χ1n) is 4.99. The van der Waals surface area contributed by atoms with Gasteiger partial charge < -0.3 is 5.32 Å². The van der Waals surface area contributed by atoms with Crippen molar-refractivity contribution in [2.75, 3.05) is 0 Å². The van der Waals surface area contributed by atoms with E-state index in [1.54, 1.807) is 0 Å². The Labute approximate surface area is 80.2 Å². The van der Waals surface area contributed by atoms with E-state index in [1.807, 2.05) is 0 Å². The molecule has 1 aromatic carbocycles. The summed E-state index contributed by atoms with van der Waals surface area (Å²) in [6, 6.07) is 11.8. The molecule has 2 atom stereocenters. The molecule has 1 heterocycles. The lowest BCUT2D eigenvalue weighted by Crippen LogP contribution is -2.34. The van der Waals surface area contributed by atoms with Crippen molar-refractivity contribution in [2.45, 2.75) is 31.8 Å². The largest absolute Gasteiger partial charge is 0.307 e. The van der Waals surface area contributed by atoms with Gasteiger partial charge >= 0.3 is 0 Å². The maximum absolute atomic E-state index is 3.60. The fraction of sp³-hybridized carbons (Fsp3) is 0.417. The first kappa shape index (κ1) is 8.76. The van der Waals surface area contributed by atoms with Crippen LogP contribution in [-0.2, 0) is 0 Å². The molecular formula is C12H16N. The Kier molecular flexibility index (Phi) is 2.65. The van der Waals surface area contributed by atoms with Crippen LogP contribution in [-0.4, -0.2) is 6.04 Å². The highest BCUT2D eigenvalue weighted by Crippen LogP contribution is 2.24. The van der Waals surface area contributed by atoms with Gasteiger partial charge in [0.05, 0.1) is 0 Å². The summed E-state index contributed by atoms with van der Waals surface area (Å²) in [5.41, 5.74) is 1.41. The Balaban J connectivity index is 2.08. The fourth-order valence-electron chi connectivity index (χ4n) is 1.91. The van der Waals surface area contributed by atoms with Crippen LogP contribution in [0.5, 0.6) is 0 Å². The second kappa shape index (κ2) is 3.93. The van der Waals surface area contributed by atoms with Crippen molar-refractivity contribution >= 4 is 0 Å². The van der Waals surface area contributed by atoms with Gasteiger partial charge in [0.25, 0.3) is 0 Å². The average molecular weight is 174 g/mol. The second-order valence-corrected chi connectivity index (χ2v) is 3.79. The van der Waals surface area contributed by atoms with E-state index in [-0.39, 0.29) is 0 Å². The average Bonchev–Trinajstić information content (AvgIpc) is 2.19. The zero-order valence-corrected chi connectivity index (χ0v) is 8.03. The fourth-order valence-corrected chi connectivity index (χ4v) is 1.91. The third kappa shape index (κ3) is 2.10. The van der Waals surface area contributed by atoms with E-state index in [0.29, 0.717) is 12.1 Å². The van der Waals surface area contributed by atoms with Crippen molar-refractivity contribution < 1.29 is 0 Å². The van der Waals surface area contributed by atoms with Crippen LogP contribution in [0.25, 0.3) is 0 Å². The molecule has 1 aliphatic rings. The molecule has 1 radical (unpaired) electrons. The monoisotopic (exact) mass is 174 g/mol. The maximum atomic E-state index is 3.60. The van der Waals surface area contributed by atoms with Gasteiger partial charge in [0.2, 0.25) is 0 Å². The normalized spacial score (nSPS) is 28.7. The van der Waals surface area contributed by atoms with Gasteiger partial charge in [0, 0.05) is 12.1 Å². The van der Waals surface area contributed by atoms with Gasteiger partial charge in [-0.3, -0.25) is 0 Å². The molecule has 0 bridgehead atoms. The lowest BCUT2D eigenvalue weighted by molar-refractivity contribution is 0.395. The Morgan fingerprint density at radius 3 is 2.62 bits per heavy atom. The van der Waals surface area contributed by atoms with Crippen LogP contribution in [0.1, 0.15) is 31.4 Å². The minimum atomic E-state index is 0.532.